The number of carboxylic acids is 1. The van der Waals surface area contributed by atoms with Crippen LogP contribution >= 0.6 is 0 Å². The van der Waals surface area contributed by atoms with Crippen molar-refractivity contribution in [2.75, 3.05) is 0 Å². The highest BCUT2D eigenvalue weighted by molar-refractivity contribution is 5.89. The third-order valence-corrected chi connectivity index (χ3v) is 4.19. The minimum absolute atomic E-state index is 0.251. The van der Waals surface area contributed by atoms with Crippen molar-refractivity contribution in [1.29, 1.82) is 0 Å². The number of pyridine rings is 1. The average Bonchev–Trinajstić information content (AvgIpc) is 2.68. The molecule has 0 radical (unpaired) electrons. The molecular weight excluding hydrogens is 342 g/mol. The van der Waals surface area contributed by atoms with E-state index in [1.54, 1.807) is 37.5 Å². The molecule has 0 fully saturated rings. The quantitative estimate of drug-likeness (QED) is 0.653. The van der Waals surface area contributed by atoms with Gasteiger partial charge in [-0.3, -0.25) is 4.98 Å². The number of hydrogen-bond acceptors (Lipinski definition) is 4. The van der Waals surface area contributed by atoms with Gasteiger partial charge >= 0.3 is 5.97 Å². The standard InChI is InChI=1S/C22H21NO4/c1-15(24)12-21(19-6-3-11-23-14-19)27-20-9-7-16(8-10-20)17-4-2-5-18(13-17)22(25)26/h2-11,13-15,21,24H,12H2,1H3,(H,25,26). The zero-order valence-corrected chi connectivity index (χ0v) is 14.9. The van der Waals surface area contributed by atoms with Crippen molar-refractivity contribution < 1.29 is 19.7 Å². The Hall–Kier alpha value is -3.18. The molecule has 0 aliphatic heterocycles. The zero-order chi connectivity index (χ0) is 19.2. The van der Waals surface area contributed by atoms with Crippen molar-refractivity contribution >= 4 is 5.97 Å². The number of aliphatic hydroxyl groups is 1. The summed E-state index contributed by atoms with van der Waals surface area (Å²) in [5.74, 6) is -0.281. The molecule has 0 aliphatic rings. The molecule has 1 heterocycles. The van der Waals surface area contributed by atoms with E-state index in [0.717, 1.165) is 16.7 Å². The van der Waals surface area contributed by atoms with Crippen LogP contribution in [0.25, 0.3) is 11.1 Å². The minimum atomic E-state index is -0.950. The van der Waals surface area contributed by atoms with Crippen LogP contribution in [-0.2, 0) is 0 Å². The third kappa shape index (κ3) is 4.92. The predicted molar refractivity (Wildman–Crippen MR) is 103 cm³/mol. The van der Waals surface area contributed by atoms with Crippen LogP contribution < -0.4 is 4.74 Å². The van der Waals surface area contributed by atoms with E-state index < -0.39 is 12.1 Å². The Labute approximate surface area is 157 Å². The monoisotopic (exact) mass is 363 g/mol. The van der Waals surface area contributed by atoms with Gasteiger partial charge in [0, 0.05) is 24.4 Å². The summed E-state index contributed by atoms with van der Waals surface area (Å²) in [6.07, 6.45) is 3.07. The minimum Gasteiger partial charge on any atom is -0.486 e. The van der Waals surface area contributed by atoms with Crippen LogP contribution in [0.15, 0.2) is 73.1 Å². The molecule has 2 N–H and O–H groups in total. The van der Waals surface area contributed by atoms with E-state index in [1.165, 1.54) is 0 Å². The lowest BCUT2D eigenvalue weighted by atomic mass is 10.0. The van der Waals surface area contributed by atoms with Crippen LogP contribution in [0.2, 0.25) is 0 Å². The first-order valence-corrected chi connectivity index (χ1v) is 8.71. The number of hydrogen-bond donors (Lipinski definition) is 2. The normalized spacial score (nSPS) is 13.0. The molecule has 2 atom stereocenters. The average molecular weight is 363 g/mol. The number of carboxylic acid groups (broad SMARTS) is 1. The second kappa shape index (κ2) is 8.47. The molecule has 2 unspecified atom stereocenters. The maximum absolute atomic E-state index is 11.1. The second-order valence-electron chi connectivity index (χ2n) is 6.39. The van der Waals surface area contributed by atoms with E-state index in [9.17, 15) is 9.90 Å². The molecule has 2 aromatic carbocycles. The molecule has 0 amide bonds. The Balaban J connectivity index is 1.80. The van der Waals surface area contributed by atoms with E-state index in [1.807, 2.05) is 42.5 Å². The van der Waals surface area contributed by atoms with Gasteiger partial charge in [-0.25, -0.2) is 4.79 Å². The number of ether oxygens (including phenoxy) is 1. The number of rotatable bonds is 7. The third-order valence-electron chi connectivity index (χ3n) is 4.19. The van der Waals surface area contributed by atoms with Gasteiger partial charge in [0.2, 0.25) is 0 Å². The number of carbonyl (C=O) groups is 1. The Morgan fingerprint density at radius 3 is 2.48 bits per heavy atom. The van der Waals surface area contributed by atoms with Gasteiger partial charge in [-0.05, 0) is 48.4 Å². The van der Waals surface area contributed by atoms with Crippen molar-refractivity contribution in [2.24, 2.45) is 0 Å². The molecule has 27 heavy (non-hydrogen) atoms. The summed E-state index contributed by atoms with van der Waals surface area (Å²) in [7, 11) is 0. The lowest BCUT2D eigenvalue weighted by Crippen LogP contribution is -2.14. The number of nitrogens with zero attached hydrogens (tertiary/aromatic N) is 1. The second-order valence-corrected chi connectivity index (χ2v) is 6.39. The van der Waals surface area contributed by atoms with Crippen LogP contribution in [0, 0.1) is 0 Å². The van der Waals surface area contributed by atoms with Crippen molar-refractivity contribution in [1.82, 2.24) is 4.98 Å². The fourth-order valence-electron chi connectivity index (χ4n) is 2.85. The summed E-state index contributed by atoms with van der Waals surface area (Å²) in [5.41, 5.74) is 2.88. The molecule has 1 aromatic heterocycles. The van der Waals surface area contributed by atoms with Crippen molar-refractivity contribution in [2.45, 2.75) is 25.6 Å². The maximum Gasteiger partial charge on any atom is 0.335 e. The number of aromatic carboxylic acids is 1. The highest BCUT2D eigenvalue weighted by Gasteiger charge is 2.16. The van der Waals surface area contributed by atoms with Crippen LogP contribution in [0.5, 0.6) is 5.75 Å². The van der Waals surface area contributed by atoms with Gasteiger partial charge in [0.25, 0.3) is 0 Å². The highest BCUT2D eigenvalue weighted by Crippen LogP contribution is 2.28. The SMILES string of the molecule is CC(O)CC(Oc1ccc(-c2cccc(C(=O)O)c2)cc1)c1cccnc1. The molecule has 0 saturated heterocycles. The molecule has 0 aliphatic carbocycles. The fraction of sp³-hybridized carbons (Fsp3) is 0.182. The van der Waals surface area contributed by atoms with E-state index in [-0.39, 0.29) is 11.7 Å². The summed E-state index contributed by atoms with van der Waals surface area (Å²) in [4.78, 5) is 15.3. The fourth-order valence-corrected chi connectivity index (χ4v) is 2.85. The molecule has 0 saturated carbocycles. The van der Waals surface area contributed by atoms with Crippen LogP contribution in [-0.4, -0.2) is 27.3 Å². The van der Waals surface area contributed by atoms with Crippen molar-refractivity contribution in [3.8, 4) is 16.9 Å². The largest absolute Gasteiger partial charge is 0.486 e. The molecular formula is C22H21NO4. The van der Waals surface area contributed by atoms with Gasteiger partial charge in [0.1, 0.15) is 11.9 Å². The van der Waals surface area contributed by atoms with Gasteiger partial charge < -0.3 is 14.9 Å². The molecule has 5 heteroatoms. The topological polar surface area (TPSA) is 79.7 Å². The first-order chi connectivity index (χ1) is 13.0. The van der Waals surface area contributed by atoms with Gasteiger partial charge in [-0.1, -0.05) is 30.3 Å². The van der Waals surface area contributed by atoms with Crippen LogP contribution in [0.1, 0.15) is 35.4 Å². The predicted octanol–water partition coefficient (Wildman–Crippen LogP) is 4.34. The summed E-state index contributed by atoms with van der Waals surface area (Å²) in [6, 6.07) is 18.0. The lowest BCUT2D eigenvalue weighted by molar-refractivity contribution is 0.0696. The smallest absolute Gasteiger partial charge is 0.335 e. The van der Waals surface area contributed by atoms with Gasteiger partial charge in [-0.15, -0.1) is 0 Å². The Bertz CT molecular complexity index is 892. The van der Waals surface area contributed by atoms with Crippen molar-refractivity contribution in [3.05, 3.63) is 84.2 Å². The summed E-state index contributed by atoms with van der Waals surface area (Å²) >= 11 is 0. The highest BCUT2D eigenvalue weighted by atomic mass is 16.5. The first kappa shape index (κ1) is 18.6. The molecule has 0 bridgehead atoms. The van der Waals surface area contributed by atoms with E-state index in [2.05, 4.69) is 4.98 Å². The Morgan fingerprint density at radius 2 is 1.85 bits per heavy atom. The van der Waals surface area contributed by atoms with Crippen LogP contribution in [0.3, 0.4) is 0 Å². The van der Waals surface area contributed by atoms with Gasteiger partial charge in [0.05, 0.1) is 11.7 Å². The lowest BCUT2D eigenvalue weighted by Gasteiger charge is -2.21. The molecule has 0 spiro atoms. The first-order valence-electron chi connectivity index (χ1n) is 8.71. The zero-order valence-electron chi connectivity index (χ0n) is 14.9. The Morgan fingerprint density at radius 1 is 1.07 bits per heavy atom. The maximum atomic E-state index is 11.1. The number of aliphatic hydroxyl groups excluding tert-OH is 1. The molecule has 138 valence electrons. The summed E-state index contributed by atoms with van der Waals surface area (Å²) in [5, 5.41) is 18.9. The van der Waals surface area contributed by atoms with E-state index in [0.29, 0.717) is 12.2 Å². The molecule has 5 nitrogen and oxygen atoms in total. The Kier molecular flexibility index (Phi) is 5.84. The van der Waals surface area contributed by atoms with Crippen molar-refractivity contribution in [3.63, 3.8) is 0 Å². The van der Waals surface area contributed by atoms with Gasteiger partial charge in [-0.2, -0.15) is 0 Å². The number of aromatic nitrogens is 1. The summed E-state index contributed by atoms with van der Waals surface area (Å²) < 4.78 is 6.07. The molecule has 3 rings (SSSR count). The van der Waals surface area contributed by atoms with Gasteiger partial charge in [0.15, 0.2) is 0 Å². The summed E-state index contributed by atoms with van der Waals surface area (Å²) in [6.45, 7) is 1.73. The van der Waals surface area contributed by atoms with E-state index in [4.69, 9.17) is 9.84 Å². The van der Waals surface area contributed by atoms with E-state index >= 15 is 0 Å². The number of benzene rings is 2. The van der Waals surface area contributed by atoms with Crippen LogP contribution in [0.4, 0.5) is 0 Å². The molecule has 3 aromatic rings.